The molecule has 2 nitrogen and oxygen atoms in total. The Morgan fingerprint density at radius 3 is 1.66 bits per heavy atom. The molecule has 3 aliphatic carbocycles. The van der Waals surface area contributed by atoms with Gasteiger partial charge in [-0.05, 0) is 112 Å². The lowest BCUT2D eigenvalue weighted by molar-refractivity contribution is 0.0188. The maximum atomic E-state index is 14.0. The Balaban J connectivity index is 1.06. The maximum absolute atomic E-state index is 14.0. The van der Waals surface area contributed by atoms with E-state index in [4.69, 9.17) is 10.00 Å². The second kappa shape index (κ2) is 15.2. The summed E-state index contributed by atoms with van der Waals surface area (Å²) in [6.07, 6.45) is 26.6. The SMILES string of the molecule is C/C=C/CCOC1CCC(CCC2CCC(CCC3CCC(c4cc(F)c(C#N)c(F)c4)CC3)CC2)CC1. The predicted molar refractivity (Wildman–Crippen MR) is 151 cm³/mol. The van der Waals surface area contributed by atoms with Crippen molar-refractivity contribution >= 4 is 0 Å². The molecule has 3 fully saturated rings. The van der Waals surface area contributed by atoms with E-state index in [1.165, 1.54) is 89.2 Å². The standard InChI is InChI=1S/C34H49F2NO/c1-2-3-4-21-38-31-19-15-28(16-20-31)12-10-26-7-5-25(6-8-26)9-11-27-13-17-29(18-14-27)30-22-33(35)32(24-37)34(36)23-30/h2-3,22-23,25-29,31H,4-21H2,1H3/b3-2+. The van der Waals surface area contributed by atoms with E-state index in [0.29, 0.717) is 6.10 Å². The highest BCUT2D eigenvalue weighted by Crippen LogP contribution is 2.41. The van der Waals surface area contributed by atoms with Gasteiger partial charge in [0, 0.05) is 0 Å². The van der Waals surface area contributed by atoms with Crippen LogP contribution in [-0.4, -0.2) is 12.7 Å². The Morgan fingerprint density at radius 2 is 1.21 bits per heavy atom. The Labute approximate surface area is 230 Å². The first-order valence-corrected chi connectivity index (χ1v) is 15.7. The summed E-state index contributed by atoms with van der Waals surface area (Å²) in [6.45, 7) is 2.95. The molecule has 3 saturated carbocycles. The van der Waals surface area contributed by atoms with Gasteiger partial charge in [-0.2, -0.15) is 5.26 Å². The highest BCUT2D eigenvalue weighted by Gasteiger charge is 2.27. The molecule has 4 rings (SSSR count). The molecule has 38 heavy (non-hydrogen) atoms. The summed E-state index contributed by atoms with van der Waals surface area (Å²) >= 11 is 0. The number of hydrogen-bond donors (Lipinski definition) is 0. The average molecular weight is 526 g/mol. The number of hydrogen-bond acceptors (Lipinski definition) is 2. The van der Waals surface area contributed by atoms with Crippen LogP contribution in [0.1, 0.15) is 133 Å². The first-order valence-electron chi connectivity index (χ1n) is 15.7. The highest BCUT2D eigenvalue weighted by molar-refractivity contribution is 5.36. The van der Waals surface area contributed by atoms with Crippen molar-refractivity contribution in [2.75, 3.05) is 6.61 Å². The summed E-state index contributed by atoms with van der Waals surface area (Å²) in [5.74, 6) is 2.34. The quantitative estimate of drug-likeness (QED) is 0.213. The van der Waals surface area contributed by atoms with E-state index in [9.17, 15) is 8.78 Å². The van der Waals surface area contributed by atoms with E-state index >= 15 is 0 Å². The van der Waals surface area contributed by atoms with Crippen LogP contribution in [0.15, 0.2) is 24.3 Å². The van der Waals surface area contributed by atoms with Crippen LogP contribution < -0.4 is 0 Å². The minimum atomic E-state index is -0.714. The molecule has 210 valence electrons. The predicted octanol–water partition coefficient (Wildman–Crippen LogP) is 10.0. The molecule has 0 aliphatic heterocycles. The fourth-order valence-electron chi connectivity index (χ4n) is 7.53. The molecule has 0 heterocycles. The summed E-state index contributed by atoms with van der Waals surface area (Å²) in [4.78, 5) is 0. The van der Waals surface area contributed by atoms with Gasteiger partial charge in [-0.1, -0.05) is 63.5 Å². The lowest BCUT2D eigenvalue weighted by Crippen LogP contribution is -2.23. The molecule has 0 N–H and O–H groups in total. The zero-order valence-corrected chi connectivity index (χ0v) is 23.6. The van der Waals surface area contributed by atoms with Gasteiger partial charge in [0.2, 0.25) is 0 Å². The second-order valence-electron chi connectivity index (χ2n) is 12.6. The lowest BCUT2D eigenvalue weighted by Gasteiger charge is -2.33. The van der Waals surface area contributed by atoms with Crippen LogP contribution in [0.25, 0.3) is 0 Å². The van der Waals surface area contributed by atoms with Crippen LogP contribution in [0.2, 0.25) is 0 Å². The summed E-state index contributed by atoms with van der Waals surface area (Å²) in [5.41, 5.74) is 0.276. The molecule has 0 saturated heterocycles. The topological polar surface area (TPSA) is 33.0 Å². The molecular formula is C34H49F2NO. The van der Waals surface area contributed by atoms with Gasteiger partial charge in [-0.15, -0.1) is 0 Å². The zero-order chi connectivity index (χ0) is 26.7. The molecule has 0 bridgehead atoms. The minimum Gasteiger partial charge on any atom is -0.378 e. The van der Waals surface area contributed by atoms with Crippen LogP contribution in [-0.2, 0) is 4.74 Å². The van der Waals surface area contributed by atoms with Crippen molar-refractivity contribution in [3.63, 3.8) is 0 Å². The average Bonchev–Trinajstić information content (AvgIpc) is 2.94. The molecule has 0 spiro atoms. The molecule has 1 aromatic carbocycles. The monoisotopic (exact) mass is 525 g/mol. The number of nitrogens with zero attached hydrogens (tertiary/aromatic N) is 1. The van der Waals surface area contributed by atoms with Gasteiger partial charge in [0.25, 0.3) is 0 Å². The third-order valence-electron chi connectivity index (χ3n) is 10.1. The highest BCUT2D eigenvalue weighted by atomic mass is 19.1. The normalized spacial score (nSPS) is 30.4. The first-order chi connectivity index (χ1) is 18.6. The van der Waals surface area contributed by atoms with E-state index < -0.39 is 17.2 Å². The lowest BCUT2D eigenvalue weighted by atomic mass is 9.73. The first kappa shape index (κ1) is 29.3. The molecule has 0 amide bonds. The van der Waals surface area contributed by atoms with E-state index in [0.717, 1.165) is 67.9 Å². The Kier molecular flexibility index (Phi) is 11.7. The van der Waals surface area contributed by atoms with E-state index in [1.54, 1.807) is 6.07 Å². The molecule has 0 atom stereocenters. The fraction of sp³-hybridized carbons (Fsp3) is 0.735. The summed E-state index contributed by atoms with van der Waals surface area (Å²) in [5, 5.41) is 8.90. The third-order valence-corrected chi connectivity index (χ3v) is 10.1. The second-order valence-corrected chi connectivity index (χ2v) is 12.6. The van der Waals surface area contributed by atoms with Crippen molar-refractivity contribution in [1.82, 2.24) is 0 Å². The number of benzene rings is 1. The minimum absolute atomic E-state index is 0.226. The molecule has 3 aliphatic rings. The van der Waals surface area contributed by atoms with Gasteiger partial charge >= 0.3 is 0 Å². The van der Waals surface area contributed by atoms with Gasteiger partial charge in [-0.25, -0.2) is 8.78 Å². The van der Waals surface area contributed by atoms with E-state index in [-0.39, 0.29) is 5.92 Å². The van der Waals surface area contributed by atoms with Gasteiger partial charge in [0.1, 0.15) is 23.3 Å². The number of ether oxygens (including phenoxy) is 1. The van der Waals surface area contributed by atoms with Crippen LogP contribution in [0, 0.1) is 46.6 Å². The van der Waals surface area contributed by atoms with Crippen LogP contribution >= 0.6 is 0 Å². The molecule has 0 radical (unpaired) electrons. The molecule has 0 unspecified atom stereocenters. The Hall–Kier alpha value is -1.73. The van der Waals surface area contributed by atoms with Gasteiger partial charge in [-0.3, -0.25) is 0 Å². The van der Waals surface area contributed by atoms with E-state index in [1.807, 2.05) is 0 Å². The third kappa shape index (κ3) is 8.64. The summed E-state index contributed by atoms with van der Waals surface area (Å²) in [7, 11) is 0. The maximum Gasteiger partial charge on any atom is 0.144 e. The Bertz CT molecular complexity index is 890. The summed E-state index contributed by atoms with van der Waals surface area (Å²) in [6, 6.07) is 4.40. The van der Waals surface area contributed by atoms with Crippen molar-refractivity contribution in [1.29, 1.82) is 5.26 Å². The van der Waals surface area contributed by atoms with Crippen LogP contribution in [0.3, 0.4) is 0 Å². The molecule has 0 aromatic heterocycles. The van der Waals surface area contributed by atoms with Crippen molar-refractivity contribution in [2.24, 2.45) is 23.7 Å². The van der Waals surface area contributed by atoms with Gasteiger partial charge in [0.15, 0.2) is 0 Å². The van der Waals surface area contributed by atoms with Crippen molar-refractivity contribution in [3.8, 4) is 6.07 Å². The molecule has 1 aromatic rings. The molecular weight excluding hydrogens is 476 g/mol. The van der Waals surface area contributed by atoms with Crippen molar-refractivity contribution < 1.29 is 13.5 Å². The number of nitriles is 1. The van der Waals surface area contributed by atoms with Crippen LogP contribution in [0.4, 0.5) is 8.78 Å². The van der Waals surface area contributed by atoms with Crippen LogP contribution in [0.5, 0.6) is 0 Å². The number of allylic oxidation sites excluding steroid dienone is 1. The van der Waals surface area contributed by atoms with E-state index in [2.05, 4.69) is 19.1 Å². The smallest absolute Gasteiger partial charge is 0.144 e. The zero-order valence-electron chi connectivity index (χ0n) is 23.6. The number of halogens is 2. The van der Waals surface area contributed by atoms with Gasteiger partial charge in [0.05, 0.1) is 12.7 Å². The van der Waals surface area contributed by atoms with Gasteiger partial charge < -0.3 is 4.74 Å². The van der Waals surface area contributed by atoms with Crippen molar-refractivity contribution in [2.45, 2.75) is 128 Å². The van der Waals surface area contributed by atoms with Crippen molar-refractivity contribution in [3.05, 3.63) is 47.0 Å². The number of rotatable bonds is 11. The summed E-state index contributed by atoms with van der Waals surface area (Å²) < 4.78 is 34.1. The Morgan fingerprint density at radius 1 is 0.763 bits per heavy atom. The molecule has 4 heteroatoms. The largest absolute Gasteiger partial charge is 0.378 e. The fourth-order valence-corrected chi connectivity index (χ4v) is 7.53.